The molecule has 3 aromatic heterocycles. The van der Waals surface area contributed by atoms with Gasteiger partial charge in [-0.2, -0.15) is 5.10 Å². The Morgan fingerprint density at radius 3 is 2.27 bits per heavy atom. The molecule has 7 heteroatoms. The molecule has 0 saturated carbocycles. The van der Waals surface area contributed by atoms with E-state index >= 15 is 0 Å². The van der Waals surface area contributed by atoms with Gasteiger partial charge in [0.1, 0.15) is 5.82 Å². The van der Waals surface area contributed by atoms with Gasteiger partial charge in [0, 0.05) is 48.9 Å². The van der Waals surface area contributed by atoms with Crippen LogP contribution in [0, 0.1) is 0 Å². The number of aromatic nitrogens is 6. The van der Waals surface area contributed by atoms with Crippen molar-refractivity contribution in [1.82, 2.24) is 29.3 Å². The number of nitrogens with one attached hydrogen (secondary N) is 1. The van der Waals surface area contributed by atoms with E-state index in [1.54, 1.807) is 24.8 Å². The van der Waals surface area contributed by atoms with E-state index in [1.807, 2.05) is 52.0 Å². The molecule has 0 atom stereocenters. The molecule has 1 N–H and O–H groups in total. The molecule has 7 nitrogen and oxygen atoms in total. The highest BCUT2D eigenvalue weighted by Gasteiger charge is 2.10. The number of nitrogens with zero attached hydrogens (tertiary/aromatic N) is 6. The minimum Gasteiger partial charge on any atom is -0.352 e. The van der Waals surface area contributed by atoms with Crippen molar-refractivity contribution >= 4 is 5.95 Å². The Morgan fingerprint density at radius 2 is 1.62 bits per heavy atom. The van der Waals surface area contributed by atoms with Crippen LogP contribution in [0.4, 0.5) is 5.95 Å². The maximum absolute atomic E-state index is 4.47. The third-order valence-corrected chi connectivity index (χ3v) is 3.87. The lowest BCUT2D eigenvalue weighted by Gasteiger charge is -2.10. The van der Waals surface area contributed by atoms with Crippen molar-refractivity contribution in [2.75, 3.05) is 5.32 Å². The minimum absolute atomic E-state index is 0.288. The lowest BCUT2D eigenvalue weighted by atomic mass is 10.2. The smallest absolute Gasteiger partial charge is 0.222 e. The molecule has 0 fully saturated rings. The Labute approximate surface area is 151 Å². The average Bonchev–Trinajstić information content (AvgIpc) is 3.34. The molecule has 130 valence electrons. The van der Waals surface area contributed by atoms with Crippen molar-refractivity contribution in [3.8, 4) is 22.8 Å². The lowest BCUT2D eigenvalue weighted by Crippen LogP contribution is -2.12. The summed E-state index contributed by atoms with van der Waals surface area (Å²) in [6, 6.07) is 10.3. The maximum Gasteiger partial charge on any atom is 0.222 e. The number of anilines is 1. The Balaban J connectivity index is 1.62. The first-order chi connectivity index (χ1) is 12.7. The zero-order chi connectivity index (χ0) is 17.9. The molecule has 4 rings (SSSR count). The van der Waals surface area contributed by atoms with E-state index in [0.29, 0.717) is 5.95 Å². The Kier molecular flexibility index (Phi) is 4.18. The largest absolute Gasteiger partial charge is 0.352 e. The fourth-order valence-corrected chi connectivity index (χ4v) is 2.69. The van der Waals surface area contributed by atoms with Gasteiger partial charge in [0.05, 0.1) is 11.3 Å². The Hall–Kier alpha value is -3.48. The maximum atomic E-state index is 4.47. The van der Waals surface area contributed by atoms with Crippen molar-refractivity contribution in [2.24, 2.45) is 0 Å². The van der Waals surface area contributed by atoms with Gasteiger partial charge in [-0.1, -0.05) is 0 Å². The summed E-state index contributed by atoms with van der Waals surface area (Å²) < 4.78 is 3.84. The quantitative estimate of drug-likeness (QED) is 0.600. The molecule has 0 aliphatic rings. The summed E-state index contributed by atoms with van der Waals surface area (Å²) >= 11 is 0. The Morgan fingerprint density at radius 1 is 0.885 bits per heavy atom. The van der Waals surface area contributed by atoms with Gasteiger partial charge in [-0.3, -0.25) is 4.57 Å². The predicted molar refractivity (Wildman–Crippen MR) is 100 cm³/mol. The van der Waals surface area contributed by atoms with Gasteiger partial charge in [0.15, 0.2) is 0 Å². The van der Waals surface area contributed by atoms with Crippen molar-refractivity contribution in [3.63, 3.8) is 0 Å². The fourth-order valence-electron chi connectivity index (χ4n) is 2.69. The number of benzene rings is 1. The van der Waals surface area contributed by atoms with Crippen LogP contribution in [0.5, 0.6) is 0 Å². The predicted octanol–water partition coefficient (Wildman–Crippen LogP) is 3.34. The molecule has 4 aromatic rings. The topological polar surface area (TPSA) is 73.5 Å². The minimum atomic E-state index is 0.288. The van der Waals surface area contributed by atoms with Crippen molar-refractivity contribution < 1.29 is 0 Å². The van der Waals surface area contributed by atoms with Gasteiger partial charge in [-0.25, -0.2) is 19.6 Å². The Bertz CT molecular complexity index is 968. The monoisotopic (exact) mass is 345 g/mol. The summed E-state index contributed by atoms with van der Waals surface area (Å²) in [6.45, 7) is 4.10. The SMILES string of the molecule is CC(C)Nc1ncc(-c2nccn2-c2ccc(-n3cccn3)cc2)cn1. The second-order valence-electron chi connectivity index (χ2n) is 6.18. The molecule has 0 unspecified atom stereocenters. The average molecular weight is 345 g/mol. The standard InChI is InChI=1S/C19H19N7/c1-14(2)24-19-21-12-15(13-22-19)18-20-9-11-25(18)16-4-6-17(7-5-16)26-10-3-8-23-26/h3-14H,1-2H3,(H,21,22,24). The van der Waals surface area contributed by atoms with Crippen LogP contribution in [0.1, 0.15) is 13.8 Å². The highest BCUT2D eigenvalue weighted by atomic mass is 15.3. The fraction of sp³-hybridized carbons (Fsp3) is 0.158. The van der Waals surface area contributed by atoms with E-state index in [4.69, 9.17) is 0 Å². The van der Waals surface area contributed by atoms with Gasteiger partial charge < -0.3 is 5.32 Å². The second-order valence-corrected chi connectivity index (χ2v) is 6.18. The van der Waals surface area contributed by atoms with Crippen LogP contribution in [0.2, 0.25) is 0 Å². The molecule has 0 amide bonds. The van der Waals surface area contributed by atoms with Gasteiger partial charge in [0.2, 0.25) is 5.95 Å². The zero-order valence-electron chi connectivity index (χ0n) is 14.6. The molecule has 1 aromatic carbocycles. The molecule has 0 radical (unpaired) electrons. The van der Waals surface area contributed by atoms with Crippen LogP contribution in [0.25, 0.3) is 22.8 Å². The van der Waals surface area contributed by atoms with E-state index in [2.05, 4.69) is 39.2 Å². The lowest BCUT2D eigenvalue weighted by molar-refractivity contribution is 0.874. The summed E-state index contributed by atoms with van der Waals surface area (Å²) in [5, 5.41) is 7.43. The van der Waals surface area contributed by atoms with E-state index in [9.17, 15) is 0 Å². The number of rotatable bonds is 5. The van der Waals surface area contributed by atoms with E-state index in [1.165, 1.54) is 0 Å². The third kappa shape index (κ3) is 3.19. The van der Waals surface area contributed by atoms with Crippen LogP contribution in [-0.4, -0.2) is 35.3 Å². The van der Waals surface area contributed by atoms with Crippen LogP contribution >= 0.6 is 0 Å². The molecule has 0 saturated heterocycles. The van der Waals surface area contributed by atoms with Gasteiger partial charge in [0.25, 0.3) is 0 Å². The second kappa shape index (κ2) is 6.79. The van der Waals surface area contributed by atoms with Crippen LogP contribution in [0.15, 0.2) is 67.5 Å². The molecule has 0 bridgehead atoms. The van der Waals surface area contributed by atoms with Crippen molar-refractivity contribution in [1.29, 1.82) is 0 Å². The first-order valence-electron chi connectivity index (χ1n) is 8.43. The van der Waals surface area contributed by atoms with Crippen molar-refractivity contribution in [3.05, 3.63) is 67.5 Å². The van der Waals surface area contributed by atoms with E-state index in [0.717, 1.165) is 22.8 Å². The molecule has 26 heavy (non-hydrogen) atoms. The highest BCUT2D eigenvalue weighted by Crippen LogP contribution is 2.21. The first kappa shape index (κ1) is 16.0. The third-order valence-electron chi connectivity index (χ3n) is 3.87. The van der Waals surface area contributed by atoms with Crippen LogP contribution in [-0.2, 0) is 0 Å². The normalized spacial score (nSPS) is 11.0. The van der Waals surface area contributed by atoms with Crippen LogP contribution in [0.3, 0.4) is 0 Å². The van der Waals surface area contributed by atoms with Crippen molar-refractivity contribution in [2.45, 2.75) is 19.9 Å². The van der Waals surface area contributed by atoms with Gasteiger partial charge in [-0.05, 0) is 44.2 Å². The number of hydrogen-bond acceptors (Lipinski definition) is 5. The summed E-state index contributed by atoms with van der Waals surface area (Å²) in [7, 11) is 0. The molecule has 0 aliphatic heterocycles. The summed E-state index contributed by atoms with van der Waals surface area (Å²) in [6.07, 6.45) is 11.0. The number of imidazole rings is 1. The molecular formula is C19H19N7. The summed E-state index contributed by atoms with van der Waals surface area (Å²) in [5.41, 5.74) is 2.88. The molecule has 3 heterocycles. The van der Waals surface area contributed by atoms with E-state index in [-0.39, 0.29) is 6.04 Å². The molecular weight excluding hydrogens is 326 g/mol. The van der Waals surface area contributed by atoms with E-state index < -0.39 is 0 Å². The zero-order valence-corrected chi connectivity index (χ0v) is 14.6. The van der Waals surface area contributed by atoms with Gasteiger partial charge >= 0.3 is 0 Å². The number of hydrogen-bond donors (Lipinski definition) is 1. The highest BCUT2D eigenvalue weighted by molar-refractivity contribution is 5.58. The summed E-state index contributed by atoms with van der Waals surface area (Å²) in [5.74, 6) is 1.42. The first-order valence-corrected chi connectivity index (χ1v) is 8.43. The van der Waals surface area contributed by atoms with Crippen LogP contribution < -0.4 is 5.32 Å². The van der Waals surface area contributed by atoms with Gasteiger partial charge in [-0.15, -0.1) is 0 Å². The molecule has 0 spiro atoms. The summed E-state index contributed by atoms with van der Waals surface area (Å²) in [4.78, 5) is 13.2. The molecule has 0 aliphatic carbocycles.